The fourth-order valence-electron chi connectivity index (χ4n) is 1.34. The second kappa shape index (κ2) is 4.26. The number of aliphatic hydroxyl groups is 1. The minimum Gasteiger partial charge on any atom is -0.387 e. The molecule has 0 aromatic heterocycles. The van der Waals surface area contributed by atoms with Gasteiger partial charge in [-0.3, -0.25) is 0 Å². The van der Waals surface area contributed by atoms with Crippen molar-refractivity contribution in [1.29, 1.82) is 0 Å². The number of aliphatic hydroxyl groups excluding tert-OH is 1. The molecule has 0 bridgehead atoms. The maximum absolute atomic E-state index is 13.5. The third-order valence-electron chi connectivity index (χ3n) is 2.26. The Morgan fingerprint density at radius 3 is 2.64 bits per heavy atom. The molecular formula is C10H13ClFNO. The van der Waals surface area contributed by atoms with E-state index in [9.17, 15) is 9.50 Å². The smallest absolute Gasteiger partial charge is 0.145 e. The Morgan fingerprint density at radius 2 is 2.14 bits per heavy atom. The normalized spacial score (nSPS) is 13.0. The number of hydrogen-bond acceptors (Lipinski definition) is 2. The lowest BCUT2D eigenvalue weighted by Crippen LogP contribution is -2.13. The van der Waals surface area contributed by atoms with Crippen molar-refractivity contribution < 1.29 is 9.50 Å². The van der Waals surface area contributed by atoms with Crippen molar-refractivity contribution in [3.8, 4) is 0 Å². The highest BCUT2D eigenvalue weighted by Gasteiger charge is 2.16. The number of aryl methyl sites for hydroxylation is 1. The summed E-state index contributed by atoms with van der Waals surface area (Å²) < 4.78 is 13.5. The number of halogens is 2. The molecule has 0 fully saturated rings. The molecule has 1 atom stereocenters. The lowest BCUT2D eigenvalue weighted by Gasteiger charge is -2.14. The first-order chi connectivity index (χ1) is 6.49. The largest absolute Gasteiger partial charge is 0.387 e. The van der Waals surface area contributed by atoms with Crippen molar-refractivity contribution in [2.24, 2.45) is 5.73 Å². The van der Waals surface area contributed by atoms with Crippen LogP contribution in [0.1, 0.15) is 22.8 Å². The van der Waals surface area contributed by atoms with Gasteiger partial charge in [0.25, 0.3) is 0 Å². The summed E-state index contributed by atoms with van der Waals surface area (Å²) in [6.45, 7) is 3.34. The second-order valence-electron chi connectivity index (χ2n) is 3.29. The Morgan fingerprint density at radius 1 is 1.57 bits per heavy atom. The van der Waals surface area contributed by atoms with E-state index in [0.717, 1.165) is 0 Å². The lowest BCUT2D eigenvalue weighted by molar-refractivity contribution is 0.185. The summed E-state index contributed by atoms with van der Waals surface area (Å²) in [6, 6.07) is 1.66. The minimum absolute atomic E-state index is 0.0708. The Bertz CT molecular complexity index is 354. The van der Waals surface area contributed by atoms with E-state index in [2.05, 4.69) is 0 Å². The van der Waals surface area contributed by atoms with Crippen LogP contribution < -0.4 is 5.73 Å². The number of hydrogen-bond donors (Lipinski definition) is 2. The molecule has 0 radical (unpaired) electrons. The number of rotatable bonds is 2. The molecule has 1 rings (SSSR count). The van der Waals surface area contributed by atoms with E-state index in [-0.39, 0.29) is 11.6 Å². The maximum atomic E-state index is 13.5. The molecule has 4 heteroatoms. The van der Waals surface area contributed by atoms with Crippen molar-refractivity contribution in [2.45, 2.75) is 20.0 Å². The fraction of sp³-hybridized carbons (Fsp3) is 0.400. The zero-order valence-corrected chi connectivity index (χ0v) is 8.90. The monoisotopic (exact) mass is 217 g/mol. The summed E-state index contributed by atoms with van der Waals surface area (Å²) in [5, 5.41) is 9.62. The predicted molar refractivity (Wildman–Crippen MR) is 54.9 cm³/mol. The molecule has 0 aliphatic rings. The van der Waals surface area contributed by atoms with Gasteiger partial charge in [-0.05, 0) is 30.5 Å². The van der Waals surface area contributed by atoms with E-state index in [1.54, 1.807) is 19.9 Å². The maximum Gasteiger partial charge on any atom is 0.145 e. The third-order valence-corrected chi connectivity index (χ3v) is 2.72. The summed E-state index contributed by atoms with van der Waals surface area (Å²) in [7, 11) is 0. The first kappa shape index (κ1) is 11.4. The first-order valence-electron chi connectivity index (χ1n) is 4.32. The molecule has 0 saturated carbocycles. The van der Waals surface area contributed by atoms with Crippen molar-refractivity contribution in [2.75, 3.05) is 6.54 Å². The molecule has 0 saturated heterocycles. The summed E-state index contributed by atoms with van der Waals surface area (Å²) >= 11 is 5.71. The van der Waals surface area contributed by atoms with Crippen LogP contribution in [-0.4, -0.2) is 11.7 Å². The predicted octanol–water partition coefficient (Wildman–Crippen LogP) is 2.09. The molecule has 0 amide bonds. The molecular weight excluding hydrogens is 205 g/mol. The molecule has 78 valence electrons. The Balaban J connectivity index is 3.33. The van der Waals surface area contributed by atoms with Crippen LogP contribution >= 0.6 is 11.6 Å². The van der Waals surface area contributed by atoms with Gasteiger partial charge in [-0.1, -0.05) is 17.7 Å². The molecule has 1 aromatic rings. The summed E-state index contributed by atoms with van der Waals surface area (Å²) in [5.74, 6) is -0.478. The zero-order chi connectivity index (χ0) is 10.9. The van der Waals surface area contributed by atoms with Gasteiger partial charge in [0.2, 0.25) is 0 Å². The van der Waals surface area contributed by atoms with Gasteiger partial charge in [0.1, 0.15) is 5.82 Å². The highest BCUT2D eigenvalue weighted by Crippen LogP contribution is 2.28. The highest BCUT2D eigenvalue weighted by molar-refractivity contribution is 6.31. The number of benzene rings is 1. The van der Waals surface area contributed by atoms with Gasteiger partial charge < -0.3 is 10.8 Å². The van der Waals surface area contributed by atoms with E-state index in [0.29, 0.717) is 16.7 Å². The average Bonchev–Trinajstić information content (AvgIpc) is 2.19. The highest BCUT2D eigenvalue weighted by atomic mass is 35.5. The van der Waals surface area contributed by atoms with Gasteiger partial charge in [-0.15, -0.1) is 0 Å². The van der Waals surface area contributed by atoms with Gasteiger partial charge in [0, 0.05) is 6.54 Å². The standard InChI is InChI=1S/C10H13ClFNO/c1-5-3-7(8(14)4-13)6(2)10(12)9(5)11/h3,8,14H,4,13H2,1-2H3. The minimum atomic E-state index is -0.833. The van der Waals surface area contributed by atoms with Gasteiger partial charge in [0.15, 0.2) is 0 Å². The van der Waals surface area contributed by atoms with Crippen molar-refractivity contribution in [3.63, 3.8) is 0 Å². The molecule has 0 aliphatic carbocycles. The van der Waals surface area contributed by atoms with E-state index < -0.39 is 11.9 Å². The molecule has 14 heavy (non-hydrogen) atoms. The van der Waals surface area contributed by atoms with Crippen LogP contribution in [0.5, 0.6) is 0 Å². The second-order valence-corrected chi connectivity index (χ2v) is 3.67. The van der Waals surface area contributed by atoms with Crippen LogP contribution in [0.15, 0.2) is 6.07 Å². The first-order valence-corrected chi connectivity index (χ1v) is 4.70. The molecule has 1 unspecified atom stereocenters. The van der Waals surface area contributed by atoms with E-state index in [1.807, 2.05) is 0 Å². The van der Waals surface area contributed by atoms with Gasteiger partial charge in [0.05, 0.1) is 11.1 Å². The Kier molecular flexibility index (Phi) is 3.48. The quantitative estimate of drug-likeness (QED) is 0.797. The molecule has 0 spiro atoms. The SMILES string of the molecule is Cc1cc(C(O)CN)c(C)c(F)c1Cl. The van der Waals surface area contributed by atoms with Gasteiger partial charge in [-0.2, -0.15) is 0 Å². The van der Waals surface area contributed by atoms with Crippen LogP contribution in [0.2, 0.25) is 5.02 Å². The van der Waals surface area contributed by atoms with Crippen LogP contribution in [0.4, 0.5) is 4.39 Å². The Labute approximate surface area is 87.5 Å². The fourth-order valence-corrected chi connectivity index (χ4v) is 1.54. The van der Waals surface area contributed by atoms with Gasteiger partial charge in [-0.25, -0.2) is 4.39 Å². The topological polar surface area (TPSA) is 46.2 Å². The van der Waals surface area contributed by atoms with Crippen LogP contribution in [0, 0.1) is 19.7 Å². The van der Waals surface area contributed by atoms with Crippen molar-refractivity contribution >= 4 is 11.6 Å². The van der Waals surface area contributed by atoms with E-state index >= 15 is 0 Å². The summed E-state index contributed by atoms with van der Waals surface area (Å²) in [4.78, 5) is 0. The van der Waals surface area contributed by atoms with Crippen LogP contribution in [0.3, 0.4) is 0 Å². The summed E-state index contributed by atoms with van der Waals surface area (Å²) in [5.41, 5.74) is 6.78. The van der Waals surface area contributed by atoms with Crippen molar-refractivity contribution in [3.05, 3.63) is 33.6 Å². The van der Waals surface area contributed by atoms with Crippen LogP contribution in [0.25, 0.3) is 0 Å². The average molecular weight is 218 g/mol. The zero-order valence-electron chi connectivity index (χ0n) is 8.14. The summed E-state index contributed by atoms with van der Waals surface area (Å²) in [6.07, 6.45) is -0.833. The lowest BCUT2D eigenvalue weighted by atomic mass is 10.00. The van der Waals surface area contributed by atoms with E-state index in [4.69, 9.17) is 17.3 Å². The van der Waals surface area contributed by atoms with Gasteiger partial charge >= 0.3 is 0 Å². The molecule has 3 N–H and O–H groups in total. The third kappa shape index (κ3) is 1.90. The van der Waals surface area contributed by atoms with Crippen LogP contribution in [-0.2, 0) is 0 Å². The molecule has 1 aromatic carbocycles. The van der Waals surface area contributed by atoms with Crippen molar-refractivity contribution in [1.82, 2.24) is 0 Å². The molecule has 0 heterocycles. The number of nitrogens with two attached hydrogens (primary N) is 1. The molecule has 0 aliphatic heterocycles. The Hall–Kier alpha value is -0.640. The molecule has 2 nitrogen and oxygen atoms in total. The van der Waals surface area contributed by atoms with E-state index in [1.165, 1.54) is 0 Å².